The van der Waals surface area contributed by atoms with E-state index >= 15 is 0 Å². The molecule has 0 atom stereocenters. The molecule has 0 saturated heterocycles. The Morgan fingerprint density at radius 1 is 1.16 bits per heavy atom. The van der Waals surface area contributed by atoms with E-state index in [-0.39, 0.29) is 24.0 Å². The molecule has 0 fully saturated rings. The summed E-state index contributed by atoms with van der Waals surface area (Å²) in [5.41, 5.74) is 2.26. The number of nitrogens with one attached hydrogen (secondary N) is 2. The molecule has 1 aromatic rings. The predicted molar refractivity (Wildman–Crippen MR) is 113 cm³/mol. The van der Waals surface area contributed by atoms with Gasteiger partial charge in [0.2, 0.25) is 0 Å². The van der Waals surface area contributed by atoms with Crippen molar-refractivity contribution in [3.63, 3.8) is 0 Å². The van der Waals surface area contributed by atoms with Gasteiger partial charge in [-0.3, -0.25) is 4.99 Å². The number of ether oxygens (including phenoxy) is 3. The number of aryl methyl sites for hydroxylation is 1. The van der Waals surface area contributed by atoms with E-state index in [0.717, 1.165) is 43.5 Å². The van der Waals surface area contributed by atoms with Gasteiger partial charge in [0, 0.05) is 46.0 Å². The quantitative estimate of drug-likeness (QED) is 0.228. The van der Waals surface area contributed by atoms with Crippen molar-refractivity contribution >= 4 is 29.9 Å². The number of guanidine groups is 1. The Labute approximate surface area is 168 Å². The van der Waals surface area contributed by atoms with E-state index in [1.807, 2.05) is 13.0 Å². The highest BCUT2D eigenvalue weighted by atomic mass is 127. The zero-order valence-electron chi connectivity index (χ0n) is 15.8. The summed E-state index contributed by atoms with van der Waals surface area (Å²) in [5, 5.41) is 6.59. The van der Waals surface area contributed by atoms with Crippen molar-refractivity contribution in [2.75, 3.05) is 47.1 Å². The number of rotatable bonds is 11. The number of benzene rings is 1. The number of aliphatic imine (C=N–C) groups is 1. The molecule has 1 aromatic carbocycles. The minimum atomic E-state index is 0. The topological polar surface area (TPSA) is 64.1 Å². The molecular weight excluding hydrogens is 433 g/mol. The predicted octanol–water partition coefficient (Wildman–Crippen LogP) is 2.73. The summed E-state index contributed by atoms with van der Waals surface area (Å²) < 4.78 is 16.2. The van der Waals surface area contributed by atoms with E-state index in [2.05, 4.69) is 34.7 Å². The minimum absolute atomic E-state index is 0. The van der Waals surface area contributed by atoms with Gasteiger partial charge >= 0.3 is 0 Å². The van der Waals surface area contributed by atoms with Crippen LogP contribution in [-0.2, 0) is 16.0 Å². The number of halogens is 1. The van der Waals surface area contributed by atoms with E-state index in [4.69, 9.17) is 14.2 Å². The van der Waals surface area contributed by atoms with Crippen LogP contribution in [0.15, 0.2) is 23.2 Å². The smallest absolute Gasteiger partial charge is 0.191 e. The van der Waals surface area contributed by atoms with Crippen LogP contribution in [0, 0.1) is 6.92 Å². The molecule has 0 radical (unpaired) electrons. The summed E-state index contributed by atoms with van der Waals surface area (Å²) in [5.74, 6) is 1.65. The third kappa shape index (κ3) is 10.5. The monoisotopic (exact) mass is 465 g/mol. The van der Waals surface area contributed by atoms with Gasteiger partial charge in [0.15, 0.2) is 5.96 Å². The lowest BCUT2D eigenvalue weighted by Gasteiger charge is -2.15. The van der Waals surface area contributed by atoms with Crippen molar-refractivity contribution in [2.45, 2.75) is 26.8 Å². The highest BCUT2D eigenvalue weighted by Gasteiger charge is 2.06. The number of hydrogen-bond donors (Lipinski definition) is 2. The molecule has 1 rings (SSSR count). The van der Waals surface area contributed by atoms with E-state index in [9.17, 15) is 0 Å². The van der Waals surface area contributed by atoms with Gasteiger partial charge < -0.3 is 24.8 Å². The van der Waals surface area contributed by atoms with Crippen LogP contribution in [0.2, 0.25) is 0 Å². The Morgan fingerprint density at radius 3 is 2.64 bits per heavy atom. The molecule has 0 aliphatic carbocycles. The SMILES string of the molecule is CCOCCCNC(=NC)NCc1ccc(C)cc1OCCOC.I. The molecule has 25 heavy (non-hydrogen) atoms. The van der Waals surface area contributed by atoms with Gasteiger partial charge in [-0.1, -0.05) is 12.1 Å². The minimum Gasteiger partial charge on any atom is -0.491 e. The van der Waals surface area contributed by atoms with Crippen LogP contribution >= 0.6 is 24.0 Å². The van der Waals surface area contributed by atoms with Crippen LogP contribution in [0.3, 0.4) is 0 Å². The molecule has 0 unspecified atom stereocenters. The zero-order chi connectivity index (χ0) is 17.6. The molecule has 0 aliphatic rings. The maximum Gasteiger partial charge on any atom is 0.191 e. The normalized spacial score (nSPS) is 11.0. The fraction of sp³-hybridized carbons (Fsp3) is 0.611. The fourth-order valence-electron chi connectivity index (χ4n) is 2.10. The molecule has 144 valence electrons. The summed E-state index contributed by atoms with van der Waals surface area (Å²) in [6.07, 6.45) is 0.949. The summed E-state index contributed by atoms with van der Waals surface area (Å²) >= 11 is 0. The molecule has 0 aromatic heterocycles. The summed E-state index contributed by atoms with van der Waals surface area (Å²) in [4.78, 5) is 4.24. The van der Waals surface area contributed by atoms with Crippen LogP contribution in [0.5, 0.6) is 5.75 Å². The fourth-order valence-corrected chi connectivity index (χ4v) is 2.10. The van der Waals surface area contributed by atoms with Crippen LogP contribution in [-0.4, -0.2) is 53.1 Å². The molecule has 7 heteroatoms. The average molecular weight is 465 g/mol. The summed E-state index contributed by atoms with van der Waals surface area (Å²) in [6, 6.07) is 6.20. The maximum absolute atomic E-state index is 5.81. The van der Waals surface area contributed by atoms with Crippen LogP contribution in [0.4, 0.5) is 0 Å². The Bertz CT molecular complexity index is 498. The summed E-state index contributed by atoms with van der Waals surface area (Å²) in [7, 11) is 3.44. The van der Waals surface area contributed by atoms with E-state index in [0.29, 0.717) is 19.8 Å². The van der Waals surface area contributed by atoms with Gasteiger partial charge in [-0.05, 0) is 31.9 Å². The second-order valence-corrected chi connectivity index (χ2v) is 5.36. The lowest BCUT2D eigenvalue weighted by Crippen LogP contribution is -2.37. The zero-order valence-corrected chi connectivity index (χ0v) is 18.1. The molecule has 6 nitrogen and oxygen atoms in total. The third-order valence-electron chi connectivity index (χ3n) is 3.40. The van der Waals surface area contributed by atoms with Gasteiger partial charge in [-0.25, -0.2) is 0 Å². The molecule has 2 N–H and O–H groups in total. The molecule has 0 saturated carbocycles. The van der Waals surface area contributed by atoms with Crippen molar-refractivity contribution in [3.05, 3.63) is 29.3 Å². The van der Waals surface area contributed by atoms with Crippen LogP contribution in [0.1, 0.15) is 24.5 Å². The molecule has 0 spiro atoms. The van der Waals surface area contributed by atoms with Crippen molar-refractivity contribution in [3.8, 4) is 5.75 Å². The first-order chi connectivity index (χ1) is 11.7. The van der Waals surface area contributed by atoms with Gasteiger partial charge in [0.1, 0.15) is 12.4 Å². The largest absolute Gasteiger partial charge is 0.491 e. The highest BCUT2D eigenvalue weighted by molar-refractivity contribution is 14.0. The number of hydrogen-bond acceptors (Lipinski definition) is 4. The molecule has 0 heterocycles. The Kier molecular flexibility index (Phi) is 14.6. The van der Waals surface area contributed by atoms with Gasteiger partial charge in [0.05, 0.1) is 6.61 Å². The van der Waals surface area contributed by atoms with Crippen molar-refractivity contribution in [2.24, 2.45) is 4.99 Å². The molecule has 0 amide bonds. The highest BCUT2D eigenvalue weighted by Crippen LogP contribution is 2.20. The number of nitrogens with zero attached hydrogens (tertiary/aromatic N) is 1. The standard InChI is InChI=1S/C18H31N3O3.HI/c1-5-23-10-6-9-20-18(19-3)21-14-16-8-7-15(2)13-17(16)24-12-11-22-4;/h7-8,13H,5-6,9-12,14H2,1-4H3,(H2,19,20,21);1H. The second kappa shape index (κ2) is 15.2. The first-order valence-corrected chi connectivity index (χ1v) is 8.44. The van der Waals surface area contributed by atoms with Crippen molar-refractivity contribution in [1.29, 1.82) is 0 Å². The van der Waals surface area contributed by atoms with Gasteiger partial charge in [-0.2, -0.15) is 0 Å². The van der Waals surface area contributed by atoms with E-state index < -0.39 is 0 Å². The lowest BCUT2D eigenvalue weighted by molar-refractivity contribution is 0.145. The molecule has 0 aliphatic heterocycles. The third-order valence-corrected chi connectivity index (χ3v) is 3.40. The van der Waals surface area contributed by atoms with Crippen LogP contribution < -0.4 is 15.4 Å². The van der Waals surface area contributed by atoms with Crippen LogP contribution in [0.25, 0.3) is 0 Å². The Balaban J connectivity index is 0.00000576. The first-order valence-electron chi connectivity index (χ1n) is 8.44. The molecular formula is C18H32IN3O3. The number of methoxy groups -OCH3 is 1. The van der Waals surface area contributed by atoms with Crippen molar-refractivity contribution < 1.29 is 14.2 Å². The van der Waals surface area contributed by atoms with E-state index in [1.54, 1.807) is 14.2 Å². The van der Waals surface area contributed by atoms with E-state index in [1.165, 1.54) is 5.56 Å². The average Bonchev–Trinajstić information content (AvgIpc) is 2.59. The lowest BCUT2D eigenvalue weighted by atomic mass is 10.1. The second-order valence-electron chi connectivity index (χ2n) is 5.36. The first kappa shape index (κ1) is 23.9. The Hall–Kier alpha value is -1.06. The molecule has 0 bridgehead atoms. The van der Waals surface area contributed by atoms with Gasteiger partial charge in [-0.15, -0.1) is 24.0 Å². The summed E-state index contributed by atoms with van der Waals surface area (Å²) in [6.45, 7) is 8.16. The maximum atomic E-state index is 5.81. The van der Waals surface area contributed by atoms with Gasteiger partial charge in [0.25, 0.3) is 0 Å². The van der Waals surface area contributed by atoms with Crippen molar-refractivity contribution in [1.82, 2.24) is 10.6 Å². The Morgan fingerprint density at radius 2 is 1.96 bits per heavy atom.